The van der Waals surface area contributed by atoms with E-state index in [2.05, 4.69) is 13.8 Å². The summed E-state index contributed by atoms with van der Waals surface area (Å²) in [7, 11) is 5.86. The predicted molar refractivity (Wildman–Crippen MR) is 150 cm³/mol. The van der Waals surface area contributed by atoms with Gasteiger partial charge in [-0.3, -0.25) is 4.79 Å². The van der Waals surface area contributed by atoms with E-state index in [1.807, 2.05) is 21.1 Å². The number of carboxylic acids is 1. The number of hydrogen-bond acceptors (Lipinski definition) is 4. The van der Waals surface area contributed by atoms with E-state index in [0.717, 1.165) is 25.2 Å². The highest BCUT2D eigenvalue weighted by molar-refractivity contribution is 5.70. The number of likely N-dealkylation sites (N-methyl/N-ethyl adjacent to an activating group) is 1. The molecule has 0 N–H and O–H groups in total. The first-order valence-electron chi connectivity index (χ1n) is 15.3. The van der Waals surface area contributed by atoms with Crippen molar-refractivity contribution in [1.82, 2.24) is 0 Å². The van der Waals surface area contributed by atoms with Crippen LogP contribution in [-0.2, 0) is 14.3 Å². The molecule has 0 aromatic rings. The van der Waals surface area contributed by atoms with Gasteiger partial charge in [-0.25, -0.2) is 0 Å². The Morgan fingerprint density at radius 2 is 1.11 bits per heavy atom. The van der Waals surface area contributed by atoms with Gasteiger partial charge >= 0.3 is 5.97 Å². The molecule has 0 saturated heterocycles. The lowest BCUT2D eigenvalue weighted by atomic mass is 9.96. The van der Waals surface area contributed by atoms with Crippen molar-refractivity contribution < 1.29 is 23.9 Å². The minimum Gasteiger partial charge on any atom is -0.550 e. The molecule has 2 atom stereocenters. The van der Waals surface area contributed by atoms with E-state index in [1.54, 1.807) is 0 Å². The molecular weight excluding hydrogens is 450 g/mol. The average molecular weight is 512 g/mol. The summed E-state index contributed by atoms with van der Waals surface area (Å²) in [4.78, 5) is 23.0. The molecule has 214 valence electrons. The van der Waals surface area contributed by atoms with Crippen molar-refractivity contribution in [2.45, 2.75) is 155 Å². The lowest BCUT2D eigenvalue weighted by molar-refractivity contribution is -0.873. The van der Waals surface area contributed by atoms with E-state index in [1.165, 1.54) is 103 Å². The number of carbonyl (C=O) groups is 2. The number of nitrogens with zero attached hydrogens (tertiary/aromatic N) is 1. The molecule has 5 heteroatoms. The van der Waals surface area contributed by atoms with Crippen LogP contribution in [0.4, 0.5) is 0 Å². The van der Waals surface area contributed by atoms with Crippen molar-refractivity contribution in [3.8, 4) is 0 Å². The highest BCUT2D eigenvalue weighted by atomic mass is 16.5. The summed E-state index contributed by atoms with van der Waals surface area (Å²) < 4.78 is 5.95. The van der Waals surface area contributed by atoms with Crippen LogP contribution in [0.3, 0.4) is 0 Å². The molecule has 0 heterocycles. The van der Waals surface area contributed by atoms with Crippen LogP contribution in [0.1, 0.15) is 149 Å². The smallest absolute Gasteiger partial charge is 0.306 e. The third kappa shape index (κ3) is 26.0. The van der Waals surface area contributed by atoms with Gasteiger partial charge in [0.15, 0.2) is 6.10 Å². The predicted octanol–water partition coefficient (Wildman–Crippen LogP) is 7.20. The Kier molecular flexibility index (Phi) is 22.3. The number of ether oxygens (including phenoxy) is 1. The Bertz CT molecular complexity index is 529. The SMILES string of the molecule is CCCCCCCC(C)CCCCCCCCCCCCCCC(=O)OC(CC(=O)[O-])C[N+](C)(C)C. The highest BCUT2D eigenvalue weighted by Crippen LogP contribution is 2.19. The van der Waals surface area contributed by atoms with Gasteiger partial charge in [0.2, 0.25) is 0 Å². The maximum Gasteiger partial charge on any atom is 0.306 e. The zero-order chi connectivity index (χ0) is 27.1. The standard InChI is InChI=1S/C31H61NO4/c1-6-7-8-17-20-23-28(2)24-21-18-15-13-11-9-10-12-14-16-19-22-25-31(35)36-29(26-30(33)34)27-32(3,4)5/h28-29H,6-27H2,1-5H3. The van der Waals surface area contributed by atoms with Crippen molar-refractivity contribution in [3.63, 3.8) is 0 Å². The number of rotatable bonds is 26. The van der Waals surface area contributed by atoms with Gasteiger partial charge in [0, 0.05) is 18.8 Å². The molecule has 0 aromatic heterocycles. The molecule has 2 unspecified atom stereocenters. The fraction of sp³-hybridized carbons (Fsp3) is 0.935. The summed E-state index contributed by atoms with van der Waals surface area (Å²) in [5.41, 5.74) is 0. The van der Waals surface area contributed by atoms with Crippen LogP contribution in [0.15, 0.2) is 0 Å². The minimum absolute atomic E-state index is 0.236. The third-order valence-corrected chi connectivity index (χ3v) is 7.07. The maximum absolute atomic E-state index is 12.1. The van der Waals surface area contributed by atoms with Gasteiger partial charge in [0.05, 0.1) is 21.1 Å². The normalized spacial score (nSPS) is 13.5. The van der Waals surface area contributed by atoms with Crippen molar-refractivity contribution in [1.29, 1.82) is 0 Å². The quantitative estimate of drug-likeness (QED) is 0.0699. The van der Waals surface area contributed by atoms with Crippen LogP contribution in [0.2, 0.25) is 0 Å². The zero-order valence-electron chi connectivity index (χ0n) is 24.8. The van der Waals surface area contributed by atoms with Gasteiger partial charge in [-0.1, -0.05) is 129 Å². The fourth-order valence-corrected chi connectivity index (χ4v) is 4.96. The van der Waals surface area contributed by atoms with Crippen molar-refractivity contribution >= 4 is 11.9 Å². The van der Waals surface area contributed by atoms with E-state index in [4.69, 9.17) is 4.74 Å². The summed E-state index contributed by atoms with van der Waals surface area (Å²) in [6, 6.07) is 0. The van der Waals surface area contributed by atoms with Gasteiger partial charge < -0.3 is 19.1 Å². The molecule has 5 nitrogen and oxygen atoms in total. The summed E-state index contributed by atoms with van der Waals surface area (Å²) in [6.07, 6.45) is 24.6. The number of hydrogen-bond donors (Lipinski definition) is 0. The fourth-order valence-electron chi connectivity index (χ4n) is 4.96. The van der Waals surface area contributed by atoms with Crippen LogP contribution < -0.4 is 5.11 Å². The molecule has 0 spiro atoms. The van der Waals surface area contributed by atoms with Crippen molar-refractivity contribution in [3.05, 3.63) is 0 Å². The second-order valence-corrected chi connectivity index (χ2v) is 12.3. The lowest BCUT2D eigenvalue weighted by Gasteiger charge is -2.29. The van der Waals surface area contributed by atoms with Crippen LogP contribution >= 0.6 is 0 Å². The molecule has 0 rings (SSSR count). The van der Waals surface area contributed by atoms with E-state index in [0.29, 0.717) is 17.4 Å². The second kappa shape index (κ2) is 23.0. The van der Waals surface area contributed by atoms with Crippen molar-refractivity contribution in [2.75, 3.05) is 27.7 Å². The Labute approximate surface area is 224 Å². The van der Waals surface area contributed by atoms with E-state index >= 15 is 0 Å². The second-order valence-electron chi connectivity index (χ2n) is 12.3. The van der Waals surface area contributed by atoms with E-state index < -0.39 is 12.1 Å². The summed E-state index contributed by atoms with van der Waals surface area (Å²) >= 11 is 0. The van der Waals surface area contributed by atoms with Gasteiger partial charge in [-0.2, -0.15) is 0 Å². The molecule has 0 saturated carbocycles. The van der Waals surface area contributed by atoms with Crippen LogP contribution in [0, 0.1) is 5.92 Å². The topological polar surface area (TPSA) is 66.4 Å². The number of aliphatic carboxylic acids is 1. The molecule has 0 aromatic carbocycles. The summed E-state index contributed by atoms with van der Waals surface area (Å²) in [5, 5.41) is 10.9. The third-order valence-electron chi connectivity index (χ3n) is 7.07. The monoisotopic (exact) mass is 511 g/mol. The molecule has 0 bridgehead atoms. The average Bonchev–Trinajstić information content (AvgIpc) is 2.77. The molecule has 0 amide bonds. The Morgan fingerprint density at radius 1 is 0.694 bits per heavy atom. The van der Waals surface area contributed by atoms with Crippen LogP contribution in [0.25, 0.3) is 0 Å². The Hall–Kier alpha value is -1.10. The van der Waals surface area contributed by atoms with Crippen LogP contribution in [-0.4, -0.2) is 50.2 Å². The lowest BCUT2D eigenvalue weighted by Crippen LogP contribution is -2.45. The number of carbonyl (C=O) groups excluding carboxylic acids is 2. The Morgan fingerprint density at radius 3 is 1.53 bits per heavy atom. The van der Waals surface area contributed by atoms with Crippen molar-refractivity contribution in [2.24, 2.45) is 5.92 Å². The first-order chi connectivity index (χ1) is 17.1. The number of carboxylic acid groups (broad SMARTS) is 1. The first-order valence-corrected chi connectivity index (χ1v) is 15.3. The van der Waals surface area contributed by atoms with Crippen LogP contribution in [0.5, 0.6) is 0 Å². The Balaban J connectivity index is 3.50. The molecule has 0 fully saturated rings. The van der Waals surface area contributed by atoms with Gasteiger partial charge in [0.1, 0.15) is 6.54 Å². The molecule has 0 aliphatic rings. The number of unbranched alkanes of at least 4 members (excludes halogenated alkanes) is 15. The van der Waals surface area contributed by atoms with Gasteiger partial charge in [-0.15, -0.1) is 0 Å². The van der Waals surface area contributed by atoms with Gasteiger partial charge in [-0.05, 0) is 12.3 Å². The number of esters is 1. The maximum atomic E-state index is 12.1. The van der Waals surface area contributed by atoms with E-state index in [-0.39, 0.29) is 12.4 Å². The first kappa shape index (κ1) is 34.9. The molecule has 0 aliphatic heterocycles. The molecule has 0 radical (unpaired) electrons. The highest BCUT2D eigenvalue weighted by Gasteiger charge is 2.22. The zero-order valence-corrected chi connectivity index (χ0v) is 24.8. The largest absolute Gasteiger partial charge is 0.550 e. The minimum atomic E-state index is -1.17. The van der Waals surface area contributed by atoms with E-state index in [9.17, 15) is 14.7 Å². The van der Waals surface area contributed by atoms with Gasteiger partial charge in [0.25, 0.3) is 0 Å². The molecule has 36 heavy (non-hydrogen) atoms. The number of quaternary nitrogens is 1. The summed E-state index contributed by atoms with van der Waals surface area (Å²) in [5.74, 6) is -0.544. The summed E-state index contributed by atoms with van der Waals surface area (Å²) in [6.45, 7) is 5.19. The molecule has 0 aliphatic carbocycles. The molecular formula is C31H61NO4.